The number of benzene rings is 2. The molecule has 0 aliphatic heterocycles. The van der Waals surface area contributed by atoms with Crippen LogP contribution in [-0.2, 0) is 10.2 Å². The van der Waals surface area contributed by atoms with Gasteiger partial charge in [0.25, 0.3) is 0 Å². The summed E-state index contributed by atoms with van der Waals surface area (Å²) in [5.41, 5.74) is 7.11. The highest BCUT2D eigenvalue weighted by Gasteiger charge is 2.36. The van der Waals surface area contributed by atoms with E-state index in [0.29, 0.717) is 23.3 Å². The first kappa shape index (κ1) is 19.7. The van der Waals surface area contributed by atoms with Crippen LogP contribution in [0.3, 0.4) is 0 Å². The van der Waals surface area contributed by atoms with Gasteiger partial charge in [0.1, 0.15) is 5.82 Å². The lowest BCUT2D eigenvalue weighted by Crippen LogP contribution is -2.28. The number of nitrogens with one attached hydrogen (secondary N) is 2. The van der Waals surface area contributed by atoms with Gasteiger partial charge in [-0.1, -0.05) is 0 Å². The standard InChI is InChI=1S/C24H24N4O2/c1-13-14(2)21(17-8-10-26-22(17)15(13)3)24(4,9-7-20(29)30)23-27-18-6-5-16(12-25)11-19(18)28-23/h5-6,8,10-11,26H,7,9H2,1-4H3,(H,27,28)(H,29,30). The molecule has 0 amide bonds. The van der Waals surface area contributed by atoms with Crippen molar-refractivity contribution < 1.29 is 9.90 Å². The molecule has 6 nitrogen and oxygen atoms in total. The molecule has 0 saturated carbocycles. The Balaban J connectivity index is 2.02. The number of nitrogens with zero attached hydrogens (tertiary/aromatic N) is 2. The number of rotatable bonds is 5. The third-order valence-electron chi connectivity index (χ3n) is 6.42. The van der Waals surface area contributed by atoms with Gasteiger partial charge in [0.2, 0.25) is 0 Å². The van der Waals surface area contributed by atoms with E-state index in [4.69, 9.17) is 4.98 Å². The lowest BCUT2D eigenvalue weighted by molar-refractivity contribution is -0.137. The van der Waals surface area contributed by atoms with Crippen molar-refractivity contribution in [1.29, 1.82) is 5.26 Å². The van der Waals surface area contributed by atoms with E-state index in [9.17, 15) is 15.2 Å². The molecule has 2 heterocycles. The molecule has 1 unspecified atom stereocenters. The van der Waals surface area contributed by atoms with E-state index in [1.807, 2.05) is 12.3 Å². The molecular weight excluding hydrogens is 376 g/mol. The summed E-state index contributed by atoms with van der Waals surface area (Å²) in [6.45, 7) is 8.36. The number of hydrogen-bond donors (Lipinski definition) is 3. The number of aryl methyl sites for hydroxylation is 1. The van der Waals surface area contributed by atoms with Gasteiger partial charge in [0, 0.05) is 23.5 Å². The zero-order chi connectivity index (χ0) is 21.6. The SMILES string of the molecule is Cc1c(C)c(C)c2[nH]ccc2c1C(C)(CCC(=O)O)c1nc2cc(C#N)ccc2[nH]1. The number of aromatic amines is 2. The summed E-state index contributed by atoms with van der Waals surface area (Å²) in [4.78, 5) is 23.1. The molecule has 152 valence electrons. The summed E-state index contributed by atoms with van der Waals surface area (Å²) in [6.07, 6.45) is 2.35. The lowest BCUT2D eigenvalue weighted by Gasteiger charge is -2.31. The summed E-state index contributed by atoms with van der Waals surface area (Å²) in [6, 6.07) is 9.56. The first-order valence-electron chi connectivity index (χ1n) is 9.95. The molecule has 30 heavy (non-hydrogen) atoms. The Bertz CT molecular complexity index is 1340. The first-order chi connectivity index (χ1) is 14.3. The number of carbonyl (C=O) groups is 1. The molecule has 0 radical (unpaired) electrons. The monoisotopic (exact) mass is 400 g/mol. The minimum Gasteiger partial charge on any atom is -0.481 e. The predicted molar refractivity (Wildman–Crippen MR) is 117 cm³/mol. The van der Waals surface area contributed by atoms with Gasteiger partial charge in [0.05, 0.1) is 28.1 Å². The molecule has 2 aromatic heterocycles. The molecule has 4 aromatic rings. The summed E-state index contributed by atoms with van der Waals surface area (Å²) in [7, 11) is 0. The van der Waals surface area contributed by atoms with E-state index in [1.54, 1.807) is 12.1 Å². The van der Waals surface area contributed by atoms with E-state index in [0.717, 1.165) is 27.5 Å². The molecule has 3 N–H and O–H groups in total. The fourth-order valence-electron chi connectivity index (χ4n) is 4.51. The molecule has 0 bridgehead atoms. The second-order valence-electron chi connectivity index (χ2n) is 8.17. The van der Waals surface area contributed by atoms with Gasteiger partial charge in [-0.05, 0) is 80.6 Å². The average Bonchev–Trinajstić information content (AvgIpc) is 3.37. The maximum absolute atomic E-state index is 11.5. The predicted octanol–water partition coefficient (Wildman–Crippen LogP) is 5.01. The minimum atomic E-state index is -0.837. The van der Waals surface area contributed by atoms with Crippen molar-refractivity contribution >= 4 is 27.9 Å². The quantitative estimate of drug-likeness (QED) is 0.438. The molecule has 2 aromatic carbocycles. The van der Waals surface area contributed by atoms with E-state index < -0.39 is 11.4 Å². The smallest absolute Gasteiger partial charge is 0.303 e. The molecule has 4 rings (SSSR count). The zero-order valence-electron chi connectivity index (χ0n) is 17.6. The van der Waals surface area contributed by atoms with Crippen LogP contribution < -0.4 is 0 Å². The third-order valence-corrected chi connectivity index (χ3v) is 6.42. The molecule has 6 heteroatoms. The van der Waals surface area contributed by atoms with Crippen LogP contribution in [0.25, 0.3) is 21.9 Å². The Morgan fingerprint density at radius 1 is 1.20 bits per heavy atom. The van der Waals surface area contributed by atoms with Gasteiger partial charge in [-0.15, -0.1) is 0 Å². The Labute approximate surface area is 174 Å². The summed E-state index contributed by atoms with van der Waals surface area (Å²) in [5, 5.41) is 19.7. The molecule has 0 aliphatic rings. The van der Waals surface area contributed by atoms with Gasteiger partial charge < -0.3 is 15.1 Å². The Morgan fingerprint density at radius 2 is 1.97 bits per heavy atom. The highest BCUT2D eigenvalue weighted by atomic mass is 16.4. The minimum absolute atomic E-state index is 0.0231. The second-order valence-corrected chi connectivity index (χ2v) is 8.17. The maximum Gasteiger partial charge on any atom is 0.303 e. The number of fused-ring (bicyclic) bond motifs is 2. The van der Waals surface area contributed by atoms with E-state index in [2.05, 4.69) is 49.8 Å². The van der Waals surface area contributed by atoms with Crippen LogP contribution in [0, 0.1) is 32.1 Å². The maximum atomic E-state index is 11.5. The second kappa shape index (κ2) is 7.03. The topological polar surface area (TPSA) is 106 Å². The van der Waals surface area contributed by atoms with Crippen molar-refractivity contribution in [3.05, 3.63) is 64.1 Å². The van der Waals surface area contributed by atoms with Gasteiger partial charge in [-0.3, -0.25) is 4.79 Å². The van der Waals surface area contributed by atoms with Crippen molar-refractivity contribution in [3.8, 4) is 6.07 Å². The van der Waals surface area contributed by atoms with E-state index in [-0.39, 0.29) is 6.42 Å². The number of nitriles is 1. The molecule has 0 fully saturated rings. The van der Waals surface area contributed by atoms with Crippen molar-refractivity contribution in [2.45, 2.75) is 46.0 Å². The van der Waals surface area contributed by atoms with Crippen LogP contribution in [0.4, 0.5) is 0 Å². The highest BCUT2D eigenvalue weighted by Crippen LogP contribution is 2.43. The van der Waals surface area contributed by atoms with Gasteiger partial charge in [-0.25, -0.2) is 4.98 Å². The number of aromatic nitrogens is 3. The Hall–Kier alpha value is -3.59. The lowest BCUT2D eigenvalue weighted by atomic mass is 9.73. The Kier molecular flexibility index (Phi) is 4.62. The van der Waals surface area contributed by atoms with Crippen molar-refractivity contribution in [2.75, 3.05) is 0 Å². The Morgan fingerprint density at radius 3 is 2.67 bits per heavy atom. The average molecular weight is 400 g/mol. The summed E-state index contributed by atoms with van der Waals surface area (Å²) >= 11 is 0. The van der Waals surface area contributed by atoms with Crippen LogP contribution in [-0.4, -0.2) is 26.0 Å². The molecule has 0 saturated heterocycles. The van der Waals surface area contributed by atoms with Crippen LogP contribution in [0.5, 0.6) is 0 Å². The first-order valence-corrected chi connectivity index (χ1v) is 9.95. The fourth-order valence-corrected chi connectivity index (χ4v) is 4.51. The van der Waals surface area contributed by atoms with Crippen LogP contribution in [0.15, 0.2) is 30.5 Å². The number of hydrogen-bond acceptors (Lipinski definition) is 3. The van der Waals surface area contributed by atoms with Crippen molar-refractivity contribution in [1.82, 2.24) is 15.0 Å². The largest absolute Gasteiger partial charge is 0.481 e. The number of carboxylic acid groups (broad SMARTS) is 1. The van der Waals surface area contributed by atoms with Gasteiger partial charge >= 0.3 is 5.97 Å². The van der Waals surface area contributed by atoms with Gasteiger partial charge in [0.15, 0.2) is 0 Å². The zero-order valence-corrected chi connectivity index (χ0v) is 17.6. The number of H-pyrrole nitrogens is 2. The summed E-state index contributed by atoms with van der Waals surface area (Å²) < 4.78 is 0. The van der Waals surface area contributed by atoms with Crippen molar-refractivity contribution in [3.63, 3.8) is 0 Å². The fraction of sp³-hybridized carbons (Fsp3) is 0.292. The normalized spacial score (nSPS) is 13.4. The van der Waals surface area contributed by atoms with E-state index in [1.165, 1.54) is 11.1 Å². The number of imidazole rings is 1. The van der Waals surface area contributed by atoms with Crippen LogP contribution >= 0.6 is 0 Å². The summed E-state index contributed by atoms with van der Waals surface area (Å²) in [5.74, 6) is -0.126. The van der Waals surface area contributed by atoms with Crippen molar-refractivity contribution in [2.24, 2.45) is 0 Å². The van der Waals surface area contributed by atoms with Crippen LogP contribution in [0.1, 0.15) is 53.4 Å². The molecule has 0 aliphatic carbocycles. The number of carboxylic acids is 1. The molecule has 0 spiro atoms. The van der Waals surface area contributed by atoms with E-state index >= 15 is 0 Å². The number of aliphatic carboxylic acids is 1. The molecule has 1 atom stereocenters. The highest BCUT2D eigenvalue weighted by molar-refractivity contribution is 5.90. The van der Waals surface area contributed by atoms with Crippen LogP contribution in [0.2, 0.25) is 0 Å². The van der Waals surface area contributed by atoms with Gasteiger partial charge in [-0.2, -0.15) is 5.26 Å². The third kappa shape index (κ3) is 2.94. The molecular formula is C24H24N4O2.